The van der Waals surface area contributed by atoms with Gasteiger partial charge in [-0.15, -0.1) is 0 Å². The average Bonchev–Trinajstić information content (AvgIpc) is 2.73. The monoisotopic (exact) mass is 291 g/mol. The van der Waals surface area contributed by atoms with Crippen LogP contribution < -0.4 is 0 Å². The Balaban J connectivity index is 2.38. The summed E-state index contributed by atoms with van der Waals surface area (Å²) in [6, 6.07) is 2.52. The van der Waals surface area contributed by atoms with E-state index in [-0.39, 0.29) is 11.3 Å². The van der Waals surface area contributed by atoms with E-state index in [9.17, 15) is 22.0 Å². The molecule has 0 spiro atoms. The van der Waals surface area contributed by atoms with Gasteiger partial charge in [0.15, 0.2) is 0 Å². The Morgan fingerprint density at radius 1 is 1.32 bits per heavy atom. The molecule has 0 aliphatic carbocycles. The van der Waals surface area contributed by atoms with E-state index in [0.29, 0.717) is 4.31 Å². The fraction of sp³-hybridized carbons (Fsp3) is 0.364. The topological polar surface area (TPSA) is 74.7 Å². The Morgan fingerprint density at radius 2 is 1.89 bits per heavy atom. The van der Waals surface area contributed by atoms with Gasteiger partial charge in [-0.05, 0) is 24.3 Å². The molecule has 1 aliphatic heterocycles. The van der Waals surface area contributed by atoms with E-state index in [2.05, 4.69) is 0 Å². The minimum Gasteiger partial charge on any atom is -0.480 e. The van der Waals surface area contributed by atoms with Crippen molar-refractivity contribution in [2.24, 2.45) is 0 Å². The predicted octanol–water partition coefficient (Wildman–Crippen LogP) is 1.01. The fourth-order valence-electron chi connectivity index (χ4n) is 1.99. The van der Waals surface area contributed by atoms with E-state index in [1.54, 1.807) is 0 Å². The van der Waals surface area contributed by atoms with E-state index in [1.165, 1.54) is 0 Å². The quantitative estimate of drug-likeness (QED) is 0.902. The maximum absolute atomic E-state index is 13.3. The van der Waals surface area contributed by atoms with Gasteiger partial charge in [0.1, 0.15) is 18.0 Å². The van der Waals surface area contributed by atoms with E-state index in [4.69, 9.17) is 5.11 Å². The van der Waals surface area contributed by atoms with Gasteiger partial charge in [-0.25, -0.2) is 17.2 Å². The second-order valence-corrected chi connectivity index (χ2v) is 6.11. The number of alkyl halides is 1. The Labute approximate surface area is 108 Å². The summed E-state index contributed by atoms with van der Waals surface area (Å²) in [5.74, 6) is -2.01. The molecule has 1 unspecified atom stereocenters. The van der Waals surface area contributed by atoms with Crippen LogP contribution in [-0.2, 0) is 14.8 Å². The molecule has 8 heteroatoms. The van der Waals surface area contributed by atoms with Gasteiger partial charge in [0.05, 0.1) is 4.90 Å². The fourth-order valence-corrected chi connectivity index (χ4v) is 3.61. The Morgan fingerprint density at radius 3 is 2.42 bits per heavy atom. The number of benzene rings is 1. The van der Waals surface area contributed by atoms with Gasteiger partial charge < -0.3 is 5.11 Å². The second-order valence-electron chi connectivity index (χ2n) is 4.22. The van der Waals surface area contributed by atoms with Crippen LogP contribution in [0.25, 0.3) is 0 Å². The summed E-state index contributed by atoms with van der Waals surface area (Å²) in [7, 11) is -4.14. The molecule has 1 aromatic rings. The molecule has 1 aliphatic rings. The van der Waals surface area contributed by atoms with Gasteiger partial charge in [0.25, 0.3) is 0 Å². The largest absolute Gasteiger partial charge is 0.480 e. The SMILES string of the molecule is O=C(O)C1C[C@@H](F)CN1S(=O)(=O)c1ccc(F)cc1. The van der Waals surface area contributed by atoms with Gasteiger partial charge in [-0.3, -0.25) is 4.79 Å². The van der Waals surface area contributed by atoms with Crippen molar-refractivity contribution in [1.29, 1.82) is 0 Å². The second kappa shape index (κ2) is 4.86. The van der Waals surface area contributed by atoms with Crippen molar-refractivity contribution in [3.63, 3.8) is 0 Å². The number of carboxylic acids is 1. The molecule has 1 fully saturated rings. The van der Waals surface area contributed by atoms with Crippen molar-refractivity contribution >= 4 is 16.0 Å². The molecule has 1 N–H and O–H groups in total. The normalized spacial score (nSPS) is 24.5. The molecule has 1 heterocycles. The lowest BCUT2D eigenvalue weighted by atomic mass is 10.2. The summed E-state index contributed by atoms with van der Waals surface area (Å²) < 4.78 is 51.0. The smallest absolute Gasteiger partial charge is 0.322 e. The van der Waals surface area contributed by atoms with Crippen LogP contribution in [0.2, 0.25) is 0 Å². The number of rotatable bonds is 3. The average molecular weight is 291 g/mol. The van der Waals surface area contributed by atoms with Gasteiger partial charge in [-0.1, -0.05) is 0 Å². The minimum atomic E-state index is -4.14. The number of aliphatic carboxylic acids is 1. The van der Waals surface area contributed by atoms with Gasteiger partial charge >= 0.3 is 5.97 Å². The summed E-state index contributed by atoms with van der Waals surface area (Å²) in [6.45, 7) is -0.503. The van der Waals surface area contributed by atoms with Crippen LogP contribution in [0.4, 0.5) is 8.78 Å². The number of carbonyl (C=O) groups is 1. The predicted molar refractivity (Wildman–Crippen MR) is 61.2 cm³/mol. The first-order valence-electron chi connectivity index (χ1n) is 5.46. The highest BCUT2D eigenvalue weighted by Crippen LogP contribution is 2.28. The highest BCUT2D eigenvalue weighted by atomic mass is 32.2. The molecule has 0 saturated carbocycles. The van der Waals surface area contributed by atoms with E-state index in [0.717, 1.165) is 24.3 Å². The molecular weight excluding hydrogens is 280 g/mol. The maximum atomic E-state index is 13.3. The lowest BCUT2D eigenvalue weighted by Crippen LogP contribution is -2.40. The minimum absolute atomic E-state index is 0.255. The number of carboxylic acid groups (broad SMARTS) is 1. The third-order valence-electron chi connectivity index (χ3n) is 2.91. The van der Waals surface area contributed by atoms with E-state index >= 15 is 0 Å². The standard InChI is InChI=1S/C11H11F2NO4S/c12-7-1-3-9(4-2-7)19(17,18)14-6-8(13)5-10(14)11(15)16/h1-4,8,10H,5-6H2,(H,15,16)/t8-,10?/m1/s1. The zero-order valence-electron chi connectivity index (χ0n) is 9.66. The van der Waals surface area contributed by atoms with E-state index in [1.807, 2.05) is 0 Å². The van der Waals surface area contributed by atoms with Gasteiger partial charge in [0.2, 0.25) is 10.0 Å². The first-order chi connectivity index (χ1) is 8.82. The first kappa shape index (κ1) is 13.9. The van der Waals surface area contributed by atoms with E-state index < -0.39 is 40.6 Å². The lowest BCUT2D eigenvalue weighted by Gasteiger charge is -2.20. The first-order valence-corrected chi connectivity index (χ1v) is 6.90. The third-order valence-corrected chi connectivity index (χ3v) is 4.80. The molecule has 1 saturated heterocycles. The van der Waals surface area contributed by atoms with Crippen molar-refractivity contribution in [2.45, 2.75) is 23.5 Å². The van der Waals surface area contributed by atoms with Crippen molar-refractivity contribution < 1.29 is 27.1 Å². The number of hydrogen-bond acceptors (Lipinski definition) is 3. The Bertz CT molecular complexity index is 587. The molecule has 2 rings (SSSR count). The number of sulfonamides is 1. The van der Waals surface area contributed by atoms with Crippen LogP contribution in [0.3, 0.4) is 0 Å². The maximum Gasteiger partial charge on any atom is 0.322 e. The zero-order chi connectivity index (χ0) is 14.2. The number of halogens is 2. The van der Waals surface area contributed by atoms with Crippen LogP contribution in [0.1, 0.15) is 6.42 Å². The zero-order valence-corrected chi connectivity index (χ0v) is 10.5. The van der Waals surface area contributed by atoms with Crippen molar-refractivity contribution in [3.05, 3.63) is 30.1 Å². The summed E-state index contributed by atoms with van der Waals surface area (Å²) in [5, 5.41) is 8.92. The highest BCUT2D eigenvalue weighted by molar-refractivity contribution is 7.89. The number of hydrogen-bond donors (Lipinski definition) is 1. The molecule has 1 aromatic carbocycles. The van der Waals surface area contributed by atoms with Crippen LogP contribution in [-0.4, -0.2) is 42.6 Å². The van der Waals surface area contributed by atoms with Crippen molar-refractivity contribution in [2.75, 3.05) is 6.54 Å². The van der Waals surface area contributed by atoms with Crippen LogP contribution >= 0.6 is 0 Å². The molecule has 5 nitrogen and oxygen atoms in total. The van der Waals surface area contributed by atoms with Crippen LogP contribution in [0, 0.1) is 5.82 Å². The van der Waals surface area contributed by atoms with Crippen molar-refractivity contribution in [1.82, 2.24) is 4.31 Å². The summed E-state index contributed by atoms with van der Waals surface area (Å²) in [6.07, 6.45) is -1.90. The Kier molecular flexibility index (Phi) is 3.55. The molecule has 0 amide bonds. The summed E-state index contributed by atoms with van der Waals surface area (Å²) in [5.41, 5.74) is 0. The third kappa shape index (κ3) is 2.59. The molecule has 0 radical (unpaired) electrons. The van der Waals surface area contributed by atoms with Crippen molar-refractivity contribution in [3.8, 4) is 0 Å². The van der Waals surface area contributed by atoms with Crippen LogP contribution in [0.5, 0.6) is 0 Å². The highest BCUT2D eigenvalue weighted by Gasteiger charge is 2.44. The Hall–Kier alpha value is -1.54. The molecule has 0 bridgehead atoms. The molecule has 104 valence electrons. The molecule has 2 atom stereocenters. The molecular formula is C11H11F2NO4S. The summed E-state index contributed by atoms with van der Waals surface area (Å²) in [4.78, 5) is 10.7. The van der Waals surface area contributed by atoms with Gasteiger partial charge in [-0.2, -0.15) is 4.31 Å². The lowest BCUT2D eigenvalue weighted by molar-refractivity contribution is -0.140. The van der Waals surface area contributed by atoms with Crippen LogP contribution in [0.15, 0.2) is 29.2 Å². The molecule has 0 aromatic heterocycles. The molecule has 19 heavy (non-hydrogen) atoms. The van der Waals surface area contributed by atoms with Gasteiger partial charge in [0, 0.05) is 13.0 Å². The summed E-state index contributed by atoms with van der Waals surface area (Å²) >= 11 is 0. The number of nitrogens with zero attached hydrogens (tertiary/aromatic N) is 1.